The van der Waals surface area contributed by atoms with Crippen LogP contribution in [-0.4, -0.2) is 17.1 Å². The average molecular weight is 333 g/mol. The van der Waals surface area contributed by atoms with Crippen LogP contribution < -0.4 is 10.1 Å². The first-order valence-electron chi connectivity index (χ1n) is 8.44. The Morgan fingerprint density at radius 1 is 1.08 bits per heavy atom. The zero-order chi connectivity index (χ0) is 17.2. The van der Waals surface area contributed by atoms with E-state index in [-0.39, 0.29) is 5.56 Å². The standard InChI is InChI=1S/C21H19NO3/c23-21(24)19-11-10-17(22-16-8-9-16)12-20(19)25-13-15-6-3-5-14-4-1-2-7-18(14)15/h1-7,10-12,16,22H,8-9,13H2,(H,23,24). The van der Waals surface area contributed by atoms with E-state index >= 15 is 0 Å². The summed E-state index contributed by atoms with van der Waals surface area (Å²) in [5.41, 5.74) is 2.12. The molecule has 0 saturated heterocycles. The van der Waals surface area contributed by atoms with Gasteiger partial charge in [-0.05, 0) is 41.3 Å². The van der Waals surface area contributed by atoms with Crippen molar-refractivity contribution in [3.63, 3.8) is 0 Å². The Labute approximate surface area is 146 Å². The number of ether oxygens (including phenoxy) is 1. The normalized spacial score (nSPS) is 13.6. The van der Waals surface area contributed by atoms with E-state index in [1.807, 2.05) is 24.3 Å². The van der Waals surface area contributed by atoms with E-state index in [1.54, 1.807) is 18.2 Å². The molecule has 126 valence electrons. The maximum Gasteiger partial charge on any atom is 0.339 e. The first-order valence-corrected chi connectivity index (χ1v) is 8.44. The molecule has 0 spiro atoms. The van der Waals surface area contributed by atoms with Gasteiger partial charge in [-0.25, -0.2) is 4.79 Å². The predicted molar refractivity (Wildman–Crippen MR) is 98.3 cm³/mol. The topological polar surface area (TPSA) is 58.6 Å². The van der Waals surface area contributed by atoms with Gasteiger partial charge in [0, 0.05) is 17.8 Å². The van der Waals surface area contributed by atoms with Crippen LogP contribution in [0.1, 0.15) is 28.8 Å². The Bertz CT molecular complexity index is 926. The van der Waals surface area contributed by atoms with Crippen molar-refractivity contribution in [3.05, 3.63) is 71.8 Å². The molecule has 4 nitrogen and oxygen atoms in total. The fourth-order valence-electron chi connectivity index (χ4n) is 2.95. The SMILES string of the molecule is O=C(O)c1ccc(NC2CC2)cc1OCc1cccc2ccccc12. The quantitative estimate of drug-likeness (QED) is 0.687. The average Bonchev–Trinajstić information content (AvgIpc) is 3.44. The fourth-order valence-corrected chi connectivity index (χ4v) is 2.95. The third kappa shape index (κ3) is 3.43. The van der Waals surface area contributed by atoms with E-state index in [9.17, 15) is 9.90 Å². The molecule has 1 aliphatic rings. The van der Waals surface area contributed by atoms with Crippen molar-refractivity contribution in [2.24, 2.45) is 0 Å². The summed E-state index contributed by atoms with van der Waals surface area (Å²) in [7, 11) is 0. The summed E-state index contributed by atoms with van der Waals surface area (Å²) >= 11 is 0. The third-order valence-corrected chi connectivity index (χ3v) is 4.42. The number of fused-ring (bicyclic) bond motifs is 1. The molecule has 0 heterocycles. The van der Waals surface area contributed by atoms with Gasteiger partial charge >= 0.3 is 5.97 Å². The Hall–Kier alpha value is -3.01. The Morgan fingerprint density at radius 3 is 2.68 bits per heavy atom. The van der Waals surface area contributed by atoms with Gasteiger partial charge in [0.15, 0.2) is 0 Å². The van der Waals surface area contributed by atoms with E-state index in [0.29, 0.717) is 18.4 Å². The summed E-state index contributed by atoms with van der Waals surface area (Å²) in [4.78, 5) is 11.5. The maximum atomic E-state index is 11.5. The number of nitrogens with one attached hydrogen (secondary N) is 1. The van der Waals surface area contributed by atoms with Gasteiger partial charge < -0.3 is 15.2 Å². The van der Waals surface area contributed by atoms with E-state index in [4.69, 9.17) is 4.74 Å². The second kappa shape index (κ2) is 6.48. The molecular weight excluding hydrogens is 314 g/mol. The Morgan fingerprint density at radius 2 is 1.88 bits per heavy atom. The summed E-state index contributed by atoms with van der Waals surface area (Å²) in [6, 6.07) is 19.9. The molecule has 1 aliphatic carbocycles. The number of carboxylic acid groups (broad SMARTS) is 1. The van der Waals surface area contributed by atoms with Crippen LogP contribution in [0.3, 0.4) is 0 Å². The van der Waals surface area contributed by atoms with E-state index in [0.717, 1.165) is 34.9 Å². The van der Waals surface area contributed by atoms with Crippen molar-refractivity contribution in [3.8, 4) is 5.75 Å². The lowest BCUT2D eigenvalue weighted by Crippen LogP contribution is -2.06. The van der Waals surface area contributed by atoms with Crippen LogP contribution >= 0.6 is 0 Å². The van der Waals surface area contributed by atoms with Crippen molar-refractivity contribution in [1.29, 1.82) is 0 Å². The summed E-state index contributed by atoms with van der Waals surface area (Å²) in [6.07, 6.45) is 2.32. The summed E-state index contributed by atoms with van der Waals surface area (Å²) in [5.74, 6) is -0.586. The van der Waals surface area contributed by atoms with Crippen molar-refractivity contribution in [1.82, 2.24) is 0 Å². The third-order valence-electron chi connectivity index (χ3n) is 4.42. The molecule has 3 aromatic rings. The second-order valence-electron chi connectivity index (χ2n) is 6.36. The van der Waals surface area contributed by atoms with Gasteiger partial charge in [0.1, 0.15) is 17.9 Å². The van der Waals surface area contributed by atoms with Crippen LogP contribution in [0.2, 0.25) is 0 Å². The highest BCUT2D eigenvalue weighted by Gasteiger charge is 2.21. The molecule has 0 amide bonds. The molecule has 4 rings (SSSR count). The molecule has 0 aliphatic heterocycles. The molecule has 0 unspecified atom stereocenters. The number of hydrogen-bond acceptors (Lipinski definition) is 3. The number of rotatable bonds is 6. The highest BCUT2D eigenvalue weighted by Crippen LogP contribution is 2.30. The highest BCUT2D eigenvalue weighted by atomic mass is 16.5. The smallest absolute Gasteiger partial charge is 0.339 e. The van der Waals surface area contributed by atoms with Crippen molar-refractivity contribution < 1.29 is 14.6 Å². The molecule has 0 atom stereocenters. The van der Waals surface area contributed by atoms with E-state index < -0.39 is 5.97 Å². The highest BCUT2D eigenvalue weighted by molar-refractivity contribution is 5.91. The zero-order valence-corrected chi connectivity index (χ0v) is 13.7. The van der Waals surface area contributed by atoms with E-state index in [1.165, 1.54) is 0 Å². The van der Waals surface area contributed by atoms with Gasteiger partial charge in [-0.1, -0.05) is 42.5 Å². The number of carbonyl (C=O) groups is 1. The van der Waals surface area contributed by atoms with Crippen LogP contribution in [0.5, 0.6) is 5.75 Å². The summed E-state index contributed by atoms with van der Waals surface area (Å²) < 4.78 is 5.91. The molecule has 25 heavy (non-hydrogen) atoms. The largest absolute Gasteiger partial charge is 0.488 e. The number of aromatic carboxylic acids is 1. The Balaban J connectivity index is 1.61. The number of benzene rings is 3. The van der Waals surface area contributed by atoms with Crippen molar-refractivity contribution in [2.45, 2.75) is 25.5 Å². The minimum atomic E-state index is -0.981. The van der Waals surface area contributed by atoms with Crippen molar-refractivity contribution in [2.75, 3.05) is 5.32 Å². The lowest BCUT2D eigenvalue weighted by Gasteiger charge is -2.13. The predicted octanol–water partition coefficient (Wildman–Crippen LogP) is 4.69. The number of anilines is 1. The zero-order valence-electron chi connectivity index (χ0n) is 13.7. The molecule has 1 fully saturated rings. The first-order chi connectivity index (χ1) is 12.2. The van der Waals surface area contributed by atoms with Crippen LogP contribution in [0.25, 0.3) is 10.8 Å². The van der Waals surface area contributed by atoms with Crippen LogP contribution in [0.4, 0.5) is 5.69 Å². The van der Waals surface area contributed by atoms with Gasteiger partial charge in [0.05, 0.1) is 0 Å². The number of carboxylic acids is 1. The Kier molecular flexibility index (Phi) is 4.02. The molecule has 2 N–H and O–H groups in total. The fraction of sp³-hybridized carbons (Fsp3) is 0.190. The first kappa shape index (κ1) is 15.5. The van der Waals surface area contributed by atoms with Crippen LogP contribution in [-0.2, 0) is 6.61 Å². The lowest BCUT2D eigenvalue weighted by atomic mass is 10.1. The molecule has 0 radical (unpaired) electrons. The molecule has 0 bridgehead atoms. The molecule has 3 aromatic carbocycles. The monoisotopic (exact) mass is 333 g/mol. The van der Waals surface area contributed by atoms with Gasteiger partial charge in [-0.15, -0.1) is 0 Å². The molecule has 0 aromatic heterocycles. The summed E-state index contributed by atoms with van der Waals surface area (Å²) in [5, 5.41) is 15.1. The van der Waals surface area contributed by atoms with Crippen molar-refractivity contribution >= 4 is 22.4 Å². The second-order valence-corrected chi connectivity index (χ2v) is 6.36. The van der Waals surface area contributed by atoms with E-state index in [2.05, 4.69) is 23.5 Å². The lowest BCUT2D eigenvalue weighted by molar-refractivity contribution is 0.0692. The molecule has 4 heteroatoms. The van der Waals surface area contributed by atoms with Gasteiger partial charge in [0.25, 0.3) is 0 Å². The van der Waals surface area contributed by atoms with Gasteiger partial charge in [-0.2, -0.15) is 0 Å². The minimum absolute atomic E-state index is 0.182. The maximum absolute atomic E-state index is 11.5. The summed E-state index contributed by atoms with van der Waals surface area (Å²) in [6.45, 7) is 0.328. The van der Waals surface area contributed by atoms with Crippen LogP contribution in [0, 0.1) is 0 Å². The molecular formula is C21H19NO3. The van der Waals surface area contributed by atoms with Crippen LogP contribution in [0.15, 0.2) is 60.7 Å². The number of hydrogen-bond donors (Lipinski definition) is 2. The molecule has 1 saturated carbocycles. The van der Waals surface area contributed by atoms with Gasteiger partial charge in [0.2, 0.25) is 0 Å². The minimum Gasteiger partial charge on any atom is -0.488 e. The van der Waals surface area contributed by atoms with Gasteiger partial charge in [-0.3, -0.25) is 0 Å².